The Hall–Kier alpha value is -2.00. The molecule has 3 N–H and O–H groups in total. The number of H-pyrrole nitrogens is 1. The molecular weight excluding hydrogens is 280 g/mol. The molecule has 0 amide bonds. The summed E-state index contributed by atoms with van der Waals surface area (Å²) in [5, 5.41) is 9.31. The topological polar surface area (TPSA) is 113 Å². The highest BCUT2D eigenvalue weighted by atomic mass is 32.2. The molecule has 0 saturated carbocycles. The molecule has 0 fully saturated rings. The zero-order chi connectivity index (χ0) is 14.6. The second kappa shape index (κ2) is 5.97. The SMILES string of the molecule is CCNc1ccc(S(=O)(=O)NC(C)c2ncn[nH]2)cn1. The van der Waals surface area contributed by atoms with E-state index in [1.807, 2.05) is 6.92 Å². The number of nitrogens with zero attached hydrogens (tertiary/aromatic N) is 3. The van der Waals surface area contributed by atoms with Crippen molar-refractivity contribution in [1.82, 2.24) is 24.9 Å². The summed E-state index contributed by atoms with van der Waals surface area (Å²) in [7, 11) is -3.65. The van der Waals surface area contributed by atoms with Gasteiger partial charge in [-0.15, -0.1) is 0 Å². The Bertz CT molecular complexity index is 638. The standard InChI is InChI=1S/C11H16N6O2S/c1-3-12-10-5-4-9(6-13-10)20(18,19)17-8(2)11-14-7-15-16-11/h4-8,17H,3H2,1-2H3,(H,12,13)(H,14,15,16). The number of hydrogen-bond donors (Lipinski definition) is 3. The number of anilines is 1. The molecule has 0 aliphatic carbocycles. The molecule has 2 aromatic rings. The minimum atomic E-state index is -3.65. The largest absolute Gasteiger partial charge is 0.370 e. The Morgan fingerprint density at radius 1 is 1.35 bits per heavy atom. The van der Waals surface area contributed by atoms with E-state index >= 15 is 0 Å². The molecule has 108 valence electrons. The Morgan fingerprint density at radius 3 is 2.70 bits per heavy atom. The van der Waals surface area contributed by atoms with Gasteiger partial charge < -0.3 is 5.32 Å². The van der Waals surface area contributed by atoms with Crippen molar-refractivity contribution >= 4 is 15.8 Å². The zero-order valence-corrected chi connectivity index (χ0v) is 12.0. The van der Waals surface area contributed by atoms with Crippen LogP contribution in [0.5, 0.6) is 0 Å². The maximum Gasteiger partial charge on any atom is 0.242 e. The first-order chi connectivity index (χ1) is 9.53. The van der Waals surface area contributed by atoms with Crippen LogP contribution in [0, 0.1) is 0 Å². The van der Waals surface area contributed by atoms with Gasteiger partial charge in [-0.1, -0.05) is 0 Å². The molecule has 0 aromatic carbocycles. The van der Waals surface area contributed by atoms with Crippen molar-refractivity contribution in [3.05, 3.63) is 30.5 Å². The van der Waals surface area contributed by atoms with Gasteiger partial charge in [-0.3, -0.25) is 5.10 Å². The third-order valence-corrected chi connectivity index (χ3v) is 4.11. The van der Waals surface area contributed by atoms with Gasteiger partial charge in [-0.2, -0.15) is 5.10 Å². The smallest absolute Gasteiger partial charge is 0.242 e. The average Bonchev–Trinajstić information content (AvgIpc) is 2.93. The van der Waals surface area contributed by atoms with Crippen LogP contribution < -0.4 is 10.0 Å². The molecule has 1 unspecified atom stereocenters. The van der Waals surface area contributed by atoms with Crippen LogP contribution in [0.15, 0.2) is 29.6 Å². The van der Waals surface area contributed by atoms with Crippen molar-refractivity contribution in [2.45, 2.75) is 24.8 Å². The molecule has 0 saturated heterocycles. The number of pyridine rings is 1. The predicted molar refractivity (Wildman–Crippen MR) is 73.5 cm³/mol. The second-order valence-electron chi connectivity index (χ2n) is 4.12. The molecule has 0 radical (unpaired) electrons. The van der Waals surface area contributed by atoms with Gasteiger partial charge in [0, 0.05) is 12.7 Å². The Balaban J connectivity index is 2.13. The molecular formula is C11H16N6O2S. The van der Waals surface area contributed by atoms with E-state index in [1.54, 1.807) is 13.0 Å². The molecule has 1 atom stereocenters. The highest BCUT2D eigenvalue weighted by molar-refractivity contribution is 7.89. The molecule has 0 bridgehead atoms. The maximum absolute atomic E-state index is 12.2. The summed E-state index contributed by atoms with van der Waals surface area (Å²) < 4.78 is 26.9. The monoisotopic (exact) mass is 296 g/mol. The van der Waals surface area contributed by atoms with Gasteiger partial charge in [0.1, 0.15) is 22.9 Å². The van der Waals surface area contributed by atoms with E-state index < -0.39 is 16.1 Å². The molecule has 20 heavy (non-hydrogen) atoms. The minimum absolute atomic E-state index is 0.102. The van der Waals surface area contributed by atoms with E-state index in [2.05, 4.69) is 30.2 Å². The van der Waals surface area contributed by atoms with Gasteiger partial charge >= 0.3 is 0 Å². The third kappa shape index (κ3) is 3.31. The first kappa shape index (κ1) is 14.4. The van der Waals surface area contributed by atoms with E-state index in [4.69, 9.17) is 0 Å². The van der Waals surface area contributed by atoms with Crippen molar-refractivity contribution in [3.63, 3.8) is 0 Å². The lowest BCUT2D eigenvalue weighted by Gasteiger charge is -2.11. The van der Waals surface area contributed by atoms with Crippen LogP contribution in [0.2, 0.25) is 0 Å². The number of hydrogen-bond acceptors (Lipinski definition) is 6. The Labute approximate surface area is 117 Å². The molecule has 0 aliphatic heterocycles. The van der Waals surface area contributed by atoms with Gasteiger partial charge in [0.05, 0.1) is 6.04 Å². The highest BCUT2D eigenvalue weighted by Crippen LogP contribution is 2.14. The van der Waals surface area contributed by atoms with Gasteiger partial charge in [0.25, 0.3) is 0 Å². The number of aromatic amines is 1. The van der Waals surface area contributed by atoms with Crippen LogP contribution in [-0.4, -0.2) is 35.1 Å². The van der Waals surface area contributed by atoms with E-state index in [1.165, 1.54) is 18.6 Å². The summed E-state index contributed by atoms with van der Waals surface area (Å²) in [6.45, 7) is 4.34. The summed E-state index contributed by atoms with van der Waals surface area (Å²) in [6, 6.07) is 2.62. The first-order valence-electron chi connectivity index (χ1n) is 6.10. The van der Waals surface area contributed by atoms with Gasteiger partial charge in [0.15, 0.2) is 0 Å². The summed E-state index contributed by atoms with van der Waals surface area (Å²) in [6.07, 6.45) is 2.64. The fourth-order valence-corrected chi connectivity index (χ4v) is 2.76. The van der Waals surface area contributed by atoms with Crippen LogP contribution in [0.3, 0.4) is 0 Å². The van der Waals surface area contributed by atoms with E-state index in [-0.39, 0.29) is 4.90 Å². The normalized spacial score (nSPS) is 13.1. The first-order valence-corrected chi connectivity index (χ1v) is 7.58. The van der Waals surface area contributed by atoms with Crippen molar-refractivity contribution in [3.8, 4) is 0 Å². The van der Waals surface area contributed by atoms with Crippen molar-refractivity contribution in [1.29, 1.82) is 0 Å². The predicted octanol–water partition coefficient (Wildman–Crippen LogP) is 0.671. The van der Waals surface area contributed by atoms with E-state index in [0.717, 1.165) is 6.54 Å². The molecule has 2 rings (SSSR count). The fraction of sp³-hybridized carbons (Fsp3) is 0.364. The summed E-state index contributed by atoms with van der Waals surface area (Å²) in [5.74, 6) is 1.08. The molecule has 2 aromatic heterocycles. The van der Waals surface area contributed by atoms with Crippen molar-refractivity contribution in [2.75, 3.05) is 11.9 Å². The maximum atomic E-state index is 12.2. The molecule has 2 heterocycles. The highest BCUT2D eigenvalue weighted by Gasteiger charge is 2.20. The number of aromatic nitrogens is 4. The second-order valence-corrected chi connectivity index (χ2v) is 5.84. The summed E-state index contributed by atoms with van der Waals surface area (Å²) >= 11 is 0. The van der Waals surface area contributed by atoms with Crippen LogP contribution in [0.25, 0.3) is 0 Å². The number of sulfonamides is 1. The lowest BCUT2D eigenvalue weighted by molar-refractivity contribution is 0.560. The van der Waals surface area contributed by atoms with Gasteiger partial charge in [0.2, 0.25) is 10.0 Å². The lowest BCUT2D eigenvalue weighted by atomic mass is 10.3. The number of nitrogens with one attached hydrogen (secondary N) is 3. The van der Waals surface area contributed by atoms with Crippen LogP contribution in [-0.2, 0) is 10.0 Å². The Kier molecular flexibility index (Phi) is 4.30. The molecule has 0 aliphatic rings. The van der Waals surface area contributed by atoms with Crippen LogP contribution in [0.1, 0.15) is 25.7 Å². The van der Waals surface area contributed by atoms with Crippen molar-refractivity contribution in [2.24, 2.45) is 0 Å². The molecule has 9 heteroatoms. The fourth-order valence-electron chi connectivity index (χ4n) is 1.61. The summed E-state index contributed by atoms with van der Waals surface area (Å²) in [5.41, 5.74) is 0. The molecule has 8 nitrogen and oxygen atoms in total. The quantitative estimate of drug-likeness (QED) is 0.722. The average molecular weight is 296 g/mol. The Morgan fingerprint density at radius 2 is 2.15 bits per heavy atom. The summed E-state index contributed by atoms with van der Waals surface area (Å²) in [4.78, 5) is 8.05. The minimum Gasteiger partial charge on any atom is -0.370 e. The van der Waals surface area contributed by atoms with E-state index in [0.29, 0.717) is 11.6 Å². The van der Waals surface area contributed by atoms with Crippen LogP contribution >= 0.6 is 0 Å². The van der Waals surface area contributed by atoms with Crippen LogP contribution in [0.4, 0.5) is 5.82 Å². The lowest BCUT2D eigenvalue weighted by Crippen LogP contribution is -2.27. The number of rotatable bonds is 6. The van der Waals surface area contributed by atoms with Gasteiger partial charge in [-0.05, 0) is 26.0 Å². The molecule has 0 spiro atoms. The van der Waals surface area contributed by atoms with Crippen molar-refractivity contribution < 1.29 is 8.42 Å². The van der Waals surface area contributed by atoms with E-state index in [9.17, 15) is 8.42 Å². The third-order valence-electron chi connectivity index (χ3n) is 2.58. The zero-order valence-electron chi connectivity index (χ0n) is 11.2. The van der Waals surface area contributed by atoms with Gasteiger partial charge in [-0.25, -0.2) is 23.1 Å².